The van der Waals surface area contributed by atoms with Crippen molar-refractivity contribution in [3.05, 3.63) is 17.7 Å². The summed E-state index contributed by atoms with van der Waals surface area (Å²) >= 11 is 0. The van der Waals surface area contributed by atoms with Crippen LogP contribution in [0.3, 0.4) is 0 Å². The summed E-state index contributed by atoms with van der Waals surface area (Å²) in [6, 6.07) is 0. The maximum Gasteiger partial charge on any atom is 0.303 e. The van der Waals surface area contributed by atoms with Crippen LogP contribution in [-0.2, 0) is 20.7 Å². The second-order valence-corrected chi connectivity index (χ2v) is 10.1. The van der Waals surface area contributed by atoms with E-state index in [2.05, 4.69) is 14.9 Å². The van der Waals surface area contributed by atoms with Crippen LogP contribution in [0.4, 0.5) is 8.78 Å². The first kappa shape index (κ1) is 19.1. The summed E-state index contributed by atoms with van der Waals surface area (Å²) in [4.78, 5) is 9.54. The van der Waals surface area contributed by atoms with Crippen LogP contribution < -0.4 is 0 Å². The SMILES string of the molecule is Cc1nc(C(C)(F)F)ncc1S(=O)(=O)N1CC2(CN(CC3CCOC3)C2)C1. The summed E-state index contributed by atoms with van der Waals surface area (Å²) in [6.07, 6.45) is 2.10. The molecule has 27 heavy (non-hydrogen) atoms. The summed E-state index contributed by atoms with van der Waals surface area (Å²) in [5.41, 5.74) is 0.0801. The molecule has 3 aliphatic heterocycles. The highest BCUT2D eigenvalue weighted by Crippen LogP contribution is 2.43. The molecular weight excluding hydrogens is 378 g/mol. The van der Waals surface area contributed by atoms with E-state index in [9.17, 15) is 17.2 Å². The lowest BCUT2D eigenvalue weighted by molar-refractivity contribution is -0.0860. The van der Waals surface area contributed by atoms with E-state index in [1.54, 1.807) is 0 Å². The standard InChI is InChI=1S/C17H24F2N4O3S/c1-12-14(5-20-15(21-12)16(2,18)19)27(24,25)23-10-17(11-23)8-22(9-17)6-13-3-4-26-7-13/h5,13H,3-4,6-11H2,1-2H3. The van der Waals surface area contributed by atoms with E-state index in [1.807, 2.05) is 0 Å². The Hall–Kier alpha value is -1.23. The van der Waals surface area contributed by atoms with Crippen LogP contribution in [0.5, 0.6) is 0 Å². The Bertz CT molecular complexity index is 823. The van der Waals surface area contributed by atoms with Gasteiger partial charge in [0.15, 0.2) is 5.82 Å². The van der Waals surface area contributed by atoms with Gasteiger partial charge in [0.2, 0.25) is 10.0 Å². The van der Waals surface area contributed by atoms with Gasteiger partial charge in [-0.05, 0) is 19.3 Å². The molecule has 10 heteroatoms. The minimum absolute atomic E-state index is 0.0255. The molecule has 4 rings (SSSR count). The van der Waals surface area contributed by atoms with Gasteiger partial charge in [-0.1, -0.05) is 0 Å². The van der Waals surface area contributed by atoms with Gasteiger partial charge in [0.25, 0.3) is 0 Å². The van der Waals surface area contributed by atoms with Crippen LogP contribution in [0.1, 0.15) is 24.9 Å². The number of ether oxygens (including phenoxy) is 1. The van der Waals surface area contributed by atoms with Crippen LogP contribution in [0.25, 0.3) is 0 Å². The fourth-order valence-corrected chi connectivity index (χ4v) is 6.03. The number of nitrogens with zero attached hydrogens (tertiary/aromatic N) is 4. The second kappa shape index (κ2) is 6.40. The predicted molar refractivity (Wildman–Crippen MR) is 92.9 cm³/mol. The smallest absolute Gasteiger partial charge is 0.303 e. The molecule has 1 aromatic rings. The number of hydrogen-bond acceptors (Lipinski definition) is 6. The zero-order valence-corrected chi connectivity index (χ0v) is 16.3. The molecule has 1 atom stereocenters. The largest absolute Gasteiger partial charge is 0.381 e. The van der Waals surface area contributed by atoms with Gasteiger partial charge in [-0.25, -0.2) is 18.4 Å². The van der Waals surface area contributed by atoms with Crippen LogP contribution in [0.15, 0.2) is 11.1 Å². The van der Waals surface area contributed by atoms with Gasteiger partial charge in [0.05, 0.1) is 18.5 Å². The van der Waals surface area contributed by atoms with E-state index in [1.165, 1.54) is 11.2 Å². The van der Waals surface area contributed by atoms with E-state index in [0.29, 0.717) is 25.9 Å². The van der Waals surface area contributed by atoms with E-state index in [4.69, 9.17) is 4.74 Å². The number of aryl methyl sites for hydroxylation is 1. The summed E-state index contributed by atoms with van der Waals surface area (Å²) in [7, 11) is -3.76. The molecule has 1 aromatic heterocycles. The van der Waals surface area contributed by atoms with Crippen molar-refractivity contribution < 1.29 is 21.9 Å². The number of sulfonamides is 1. The first-order valence-corrected chi connectivity index (χ1v) is 10.6. The van der Waals surface area contributed by atoms with Gasteiger partial charge >= 0.3 is 5.92 Å². The average Bonchev–Trinajstić information content (AvgIpc) is 2.99. The third-order valence-corrected chi connectivity index (χ3v) is 7.52. The Kier molecular flexibility index (Phi) is 4.53. The molecule has 1 spiro atoms. The molecule has 0 radical (unpaired) electrons. The van der Waals surface area contributed by atoms with E-state index >= 15 is 0 Å². The fraction of sp³-hybridized carbons (Fsp3) is 0.765. The van der Waals surface area contributed by atoms with Gasteiger partial charge in [-0.3, -0.25) is 0 Å². The number of rotatable bonds is 5. The van der Waals surface area contributed by atoms with Crippen molar-refractivity contribution in [1.29, 1.82) is 0 Å². The monoisotopic (exact) mass is 402 g/mol. The molecule has 0 amide bonds. The average molecular weight is 402 g/mol. The highest BCUT2D eigenvalue weighted by atomic mass is 32.2. The van der Waals surface area contributed by atoms with Crippen LogP contribution >= 0.6 is 0 Å². The number of alkyl halides is 2. The Morgan fingerprint density at radius 1 is 1.33 bits per heavy atom. The number of hydrogen-bond donors (Lipinski definition) is 0. The van der Waals surface area contributed by atoms with Gasteiger partial charge in [0.1, 0.15) is 4.90 Å². The molecule has 3 saturated heterocycles. The quantitative estimate of drug-likeness (QED) is 0.738. The van der Waals surface area contributed by atoms with Crippen molar-refractivity contribution in [2.24, 2.45) is 11.3 Å². The molecular formula is C17H24F2N4O3S. The number of likely N-dealkylation sites (tertiary alicyclic amines) is 1. The van der Waals surface area contributed by atoms with Crippen molar-refractivity contribution >= 4 is 10.0 Å². The summed E-state index contributed by atoms with van der Waals surface area (Å²) in [6.45, 7) is 7.47. The van der Waals surface area contributed by atoms with Crippen LogP contribution in [0, 0.1) is 18.3 Å². The Morgan fingerprint density at radius 2 is 2.04 bits per heavy atom. The highest BCUT2D eigenvalue weighted by Gasteiger charge is 2.55. The van der Waals surface area contributed by atoms with Crippen molar-refractivity contribution in [2.75, 3.05) is 45.9 Å². The van der Waals surface area contributed by atoms with Gasteiger partial charge in [0, 0.05) is 51.7 Å². The third-order valence-electron chi connectivity index (χ3n) is 5.63. The van der Waals surface area contributed by atoms with Gasteiger partial charge in [-0.2, -0.15) is 13.1 Å². The zero-order chi connectivity index (χ0) is 19.4. The molecule has 0 N–H and O–H groups in total. The first-order valence-electron chi connectivity index (χ1n) is 9.11. The van der Waals surface area contributed by atoms with E-state index in [0.717, 1.165) is 45.5 Å². The molecule has 7 nitrogen and oxygen atoms in total. The molecule has 1 unspecified atom stereocenters. The lowest BCUT2D eigenvalue weighted by atomic mass is 9.74. The van der Waals surface area contributed by atoms with E-state index in [-0.39, 0.29) is 16.0 Å². The van der Waals surface area contributed by atoms with Crippen molar-refractivity contribution in [3.63, 3.8) is 0 Å². The molecule has 0 saturated carbocycles. The minimum Gasteiger partial charge on any atom is -0.381 e. The third kappa shape index (κ3) is 3.48. The fourth-order valence-electron chi connectivity index (χ4n) is 4.26. The summed E-state index contributed by atoms with van der Waals surface area (Å²) in [5.74, 6) is -3.28. The lowest BCUT2D eigenvalue weighted by Crippen LogP contribution is -2.73. The summed E-state index contributed by atoms with van der Waals surface area (Å²) in [5, 5.41) is 0. The topological polar surface area (TPSA) is 75.6 Å². The summed E-state index contributed by atoms with van der Waals surface area (Å²) < 4.78 is 59.1. The maximum atomic E-state index is 13.3. The Morgan fingerprint density at radius 3 is 2.59 bits per heavy atom. The zero-order valence-electron chi connectivity index (χ0n) is 15.5. The lowest BCUT2D eigenvalue weighted by Gasteiger charge is -2.60. The number of aromatic nitrogens is 2. The van der Waals surface area contributed by atoms with Crippen molar-refractivity contribution in [1.82, 2.24) is 19.2 Å². The normalized spacial score (nSPS) is 26.1. The van der Waals surface area contributed by atoms with Gasteiger partial charge in [-0.15, -0.1) is 0 Å². The van der Waals surface area contributed by atoms with E-state index < -0.39 is 21.8 Å². The Balaban J connectivity index is 1.38. The first-order chi connectivity index (χ1) is 12.6. The second-order valence-electron chi connectivity index (χ2n) is 8.20. The highest BCUT2D eigenvalue weighted by molar-refractivity contribution is 7.89. The minimum atomic E-state index is -3.76. The molecule has 3 fully saturated rings. The van der Waals surface area contributed by atoms with Crippen molar-refractivity contribution in [2.45, 2.75) is 31.1 Å². The molecule has 0 aromatic carbocycles. The number of halogens is 2. The molecule has 0 aliphatic carbocycles. The maximum absolute atomic E-state index is 13.3. The van der Waals surface area contributed by atoms with Gasteiger partial charge < -0.3 is 9.64 Å². The van der Waals surface area contributed by atoms with Crippen LogP contribution in [-0.4, -0.2) is 73.5 Å². The predicted octanol–water partition coefficient (Wildman–Crippen LogP) is 1.24. The molecule has 3 aliphatic rings. The van der Waals surface area contributed by atoms with Crippen LogP contribution in [0.2, 0.25) is 0 Å². The Labute approximate surface area is 157 Å². The molecule has 0 bridgehead atoms. The molecule has 150 valence electrons. The molecule has 4 heterocycles. The van der Waals surface area contributed by atoms with Crippen molar-refractivity contribution in [3.8, 4) is 0 Å².